The number of nitrogens with one attached hydrogen (secondary N) is 1. The van der Waals surface area contributed by atoms with E-state index in [1.165, 1.54) is 11.8 Å². The third-order valence-electron chi connectivity index (χ3n) is 4.13. The first-order valence-electron chi connectivity index (χ1n) is 7.92. The second-order valence-electron chi connectivity index (χ2n) is 5.95. The molecular weight excluding hydrogens is 326 g/mol. The van der Waals surface area contributed by atoms with Gasteiger partial charge in [-0.2, -0.15) is 5.10 Å². The molecule has 8 nitrogen and oxygen atoms in total. The van der Waals surface area contributed by atoms with Gasteiger partial charge in [0.25, 0.3) is 0 Å². The molecule has 4 heterocycles. The molecule has 24 heavy (non-hydrogen) atoms. The van der Waals surface area contributed by atoms with Crippen molar-refractivity contribution in [2.45, 2.75) is 42.6 Å². The van der Waals surface area contributed by atoms with Crippen LogP contribution in [0.3, 0.4) is 0 Å². The highest BCUT2D eigenvalue weighted by Gasteiger charge is 2.29. The second kappa shape index (κ2) is 6.40. The van der Waals surface area contributed by atoms with E-state index in [9.17, 15) is 0 Å². The minimum Gasteiger partial charge on any atom is -0.453 e. The molecule has 3 aromatic rings. The molecule has 0 aromatic carbocycles. The topological polar surface area (TPSA) is 88.7 Å². The molecule has 0 saturated carbocycles. The summed E-state index contributed by atoms with van der Waals surface area (Å²) in [5.41, 5.74) is 0. The fourth-order valence-corrected chi connectivity index (χ4v) is 3.71. The minimum atomic E-state index is 0.259. The van der Waals surface area contributed by atoms with E-state index in [0.717, 1.165) is 53.6 Å². The van der Waals surface area contributed by atoms with Crippen LogP contribution in [0.2, 0.25) is 0 Å². The van der Waals surface area contributed by atoms with Crippen LogP contribution in [-0.4, -0.2) is 41.4 Å². The molecule has 1 saturated heterocycles. The Morgan fingerprint density at radius 3 is 3.08 bits per heavy atom. The first-order chi connectivity index (χ1) is 11.7. The number of aromatic amines is 1. The van der Waals surface area contributed by atoms with Crippen LogP contribution >= 0.6 is 11.8 Å². The van der Waals surface area contributed by atoms with Crippen LogP contribution in [0.5, 0.6) is 0 Å². The predicted octanol–water partition coefficient (Wildman–Crippen LogP) is 2.32. The molecule has 0 bridgehead atoms. The molecule has 1 aliphatic rings. The van der Waals surface area contributed by atoms with Crippen LogP contribution in [0.1, 0.15) is 36.3 Å². The molecule has 0 radical (unpaired) electrons. The van der Waals surface area contributed by atoms with Gasteiger partial charge in [0.1, 0.15) is 17.9 Å². The van der Waals surface area contributed by atoms with Gasteiger partial charge >= 0.3 is 0 Å². The van der Waals surface area contributed by atoms with Crippen LogP contribution in [-0.2, 0) is 13.6 Å². The third-order valence-corrected chi connectivity index (χ3v) is 5.11. The van der Waals surface area contributed by atoms with E-state index in [-0.39, 0.29) is 6.04 Å². The van der Waals surface area contributed by atoms with Gasteiger partial charge in [0.05, 0.1) is 12.6 Å². The van der Waals surface area contributed by atoms with Gasteiger partial charge in [-0.3, -0.25) is 10.00 Å². The normalized spacial score (nSPS) is 18.5. The van der Waals surface area contributed by atoms with Crippen molar-refractivity contribution in [2.24, 2.45) is 7.05 Å². The zero-order valence-electron chi connectivity index (χ0n) is 13.6. The molecule has 0 amide bonds. The molecule has 1 N–H and O–H groups in total. The highest BCUT2D eigenvalue weighted by molar-refractivity contribution is 7.99. The number of likely N-dealkylation sites (tertiary alicyclic amines) is 1. The Morgan fingerprint density at radius 2 is 2.33 bits per heavy atom. The summed E-state index contributed by atoms with van der Waals surface area (Å²) in [6.07, 6.45) is 3.91. The SMILES string of the molecule is Cc1nc(C2CCCN2Cc2ccc(Sc3nncn3C)o2)n[nH]1. The maximum Gasteiger partial charge on any atom is 0.198 e. The van der Waals surface area contributed by atoms with E-state index in [1.807, 2.05) is 30.7 Å². The number of aromatic nitrogens is 6. The van der Waals surface area contributed by atoms with Crippen LogP contribution in [0.25, 0.3) is 0 Å². The lowest BCUT2D eigenvalue weighted by Crippen LogP contribution is -2.23. The second-order valence-corrected chi connectivity index (χ2v) is 6.93. The average Bonchev–Trinajstić information content (AvgIpc) is 3.31. The lowest BCUT2D eigenvalue weighted by atomic mass is 10.2. The number of hydrogen-bond acceptors (Lipinski definition) is 7. The summed E-state index contributed by atoms with van der Waals surface area (Å²) >= 11 is 1.47. The fraction of sp³-hybridized carbons (Fsp3) is 0.467. The lowest BCUT2D eigenvalue weighted by Gasteiger charge is -2.20. The Morgan fingerprint density at radius 1 is 1.42 bits per heavy atom. The van der Waals surface area contributed by atoms with E-state index in [4.69, 9.17) is 4.42 Å². The van der Waals surface area contributed by atoms with Gasteiger partial charge in [-0.15, -0.1) is 10.2 Å². The number of furan rings is 1. The molecule has 1 aliphatic heterocycles. The van der Waals surface area contributed by atoms with Gasteiger partial charge in [-0.05, 0) is 50.2 Å². The van der Waals surface area contributed by atoms with E-state index < -0.39 is 0 Å². The van der Waals surface area contributed by atoms with E-state index >= 15 is 0 Å². The number of rotatable bonds is 5. The molecule has 1 unspecified atom stereocenters. The largest absolute Gasteiger partial charge is 0.453 e. The highest BCUT2D eigenvalue weighted by Crippen LogP contribution is 2.33. The molecule has 0 spiro atoms. The van der Waals surface area contributed by atoms with Gasteiger partial charge in [-0.25, -0.2) is 4.98 Å². The average molecular weight is 345 g/mol. The molecule has 4 rings (SSSR count). The fourth-order valence-electron chi connectivity index (χ4n) is 2.97. The molecule has 1 fully saturated rings. The Kier molecular flexibility index (Phi) is 4.11. The smallest absolute Gasteiger partial charge is 0.198 e. The number of H-pyrrole nitrogens is 1. The Labute approximate surface area is 143 Å². The minimum absolute atomic E-state index is 0.259. The van der Waals surface area contributed by atoms with Crippen LogP contribution in [0.4, 0.5) is 0 Å². The van der Waals surface area contributed by atoms with Crippen molar-refractivity contribution in [2.75, 3.05) is 6.54 Å². The Hall–Kier alpha value is -2.13. The molecule has 1 atom stereocenters. The van der Waals surface area contributed by atoms with Crippen molar-refractivity contribution >= 4 is 11.8 Å². The van der Waals surface area contributed by atoms with Crippen LogP contribution in [0, 0.1) is 6.92 Å². The summed E-state index contributed by atoms with van der Waals surface area (Å²) in [6.45, 7) is 3.72. The molecule has 9 heteroatoms. The number of nitrogens with zero attached hydrogens (tertiary/aromatic N) is 6. The summed E-state index contributed by atoms with van der Waals surface area (Å²) in [5, 5.41) is 16.8. The van der Waals surface area contributed by atoms with Crippen LogP contribution < -0.4 is 0 Å². The Bertz CT molecular complexity index is 823. The van der Waals surface area contributed by atoms with Crippen molar-refractivity contribution in [3.8, 4) is 0 Å². The van der Waals surface area contributed by atoms with Crippen LogP contribution in [0.15, 0.2) is 33.1 Å². The van der Waals surface area contributed by atoms with E-state index in [0.29, 0.717) is 0 Å². The predicted molar refractivity (Wildman–Crippen MR) is 87.3 cm³/mol. The summed E-state index contributed by atoms with van der Waals surface area (Å²) in [5.74, 6) is 2.68. The summed E-state index contributed by atoms with van der Waals surface area (Å²) in [4.78, 5) is 6.86. The van der Waals surface area contributed by atoms with Crippen molar-refractivity contribution < 1.29 is 4.42 Å². The number of aryl methyl sites for hydroxylation is 2. The first kappa shape index (κ1) is 15.4. The summed E-state index contributed by atoms with van der Waals surface area (Å²) < 4.78 is 7.82. The molecule has 126 valence electrons. The van der Waals surface area contributed by atoms with Gasteiger partial charge < -0.3 is 8.98 Å². The van der Waals surface area contributed by atoms with E-state index in [1.54, 1.807) is 6.33 Å². The van der Waals surface area contributed by atoms with E-state index in [2.05, 4.69) is 30.3 Å². The van der Waals surface area contributed by atoms with Gasteiger partial charge in [0.2, 0.25) is 0 Å². The van der Waals surface area contributed by atoms with Crippen molar-refractivity contribution in [3.63, 3.8) is 0 Å². The standard InChI is InChI=1S/C15H19N7OS/c1-10-17-14(19-18-10)12-4-3-7-22(12)8-11-5-6-13(23-11)24-15-20-16-9-21(15)2/h5-6,9,12H,3-4,7-8H2,1-2H3,(H,17,18,19). The van der Waals surface area contributed by atoms with Crippen molar-refractivity contribution in [1.29, 1.82) is 0 Å². The summed E-state index contributed by atoms with van der Waals surface area (Å²) in [7, 11) is 1.92. The zero-order valence-corrected chi connectivity index (χ0v) is 14.5. The van der Waals surface area contributed by atoms with Gasteiger partial charge in [0.15, 0.2) is 16.1 Å². The molecule has 3 aromatic heterocycles. The zero-order chi connectivity index (χ0) is 16.5. The van der Waals surface area contributed by atoms with Crippen molar-refractivity contribution in [3.05, 3.63) is 35.9 Å². The van der Waals surface area contributed by atoms with Crippen molar-refractivity contribution in [1.82, 2.24) is 34.8 Å². The maximum absolute atomic E-state index is 5.95. The number of hydrogen-bond donors (Lipinski definition) is 1. The highest BCUT2D eigenvalue weighted by atomic mass is 32.2. The molecule has 0 aliphatic carbocycles. The molecular formula is C15H19N7OS. The lowest BCUT2D eigenvalue weighted by molar-refractivity contribution is 0.215. The summed E-state index contributed by atoms with van der Waals surface area (Å²) in [6, 6.07) is 4.27. The van der Waals surface area contributed by atoms with Gasteiger partial charge in [-0.1, -0.05) is 0 Å². The maximum atomic E-state index is 5.95. The quantitative estimate of drug-likeness (QED) is 0.759. The Balaban J connectivity index is 1.44. The third kappa shape index (κ3) is 3.09. The monoisotopic (exact) mass is 345 g/mol. The first-order valence-corrected chi connectivity index (χ1v) is 8.74. The van der Waals surface area contributed by atoms with Gasteiger partial charge in [0, 0.05) is 7.05 Å².